The normalized spacial score (nSPS) is 11.1. The van der Waals surface area contributed by atoms with Gasteiger partial charge >= 0.3 is 0 Å². The van der Waals surface area contributed by atoms with Gasteiger partial charge in [-0.15, -0.1) is 0 Å². The number of nitrogens with one attached hydrogen (secondary N) is 1. The zero-order chi connectivity index (χ0) is 28.6. The van der Waals surface area contributed by atoms with Crippen molar-refractivity contribution in [2.75, 3.05) is 44.5 Å². The van der Waals surface area contributed by atoms with Crippen LogP contribution in [0.2, 0.25) is 15.1 Å². The minimum atomic E-state index is -4.27. The summed E-state index contributed by atoms with van der Waals surface area (Å²) in [6.45, 7) is -0.202. The molecule has 0 bridgehead atoms. The predicted octanol–water partition coefficient (Wildman–Crippen LogP) is 5.92. The molecular weight excluding hydrogens is 607 g/mol. The van der Waals surface area contributed by atoms with Crippen molar-refractivity contribution in [3.63, 3.8) is 0 Å². The lowest BCUT2D eigenvalue weighted by molar-refractivity contribution is -0.119. The van der Waals surface area contributed by atoms with Crippen LogP contribution in [-0.2, 0) is 20.6 Å². The Morgan fingerprint density at radius 3 is 2.18 bits per heavy atom. The van der Waals surface area contributed by atoms with Gasteiger partial charge in [0.05, 0.1) is 31.9 Å². The van der Waals surface area contributed by atoms with E-state index in [2.05, 4.69) is 5.32 Å². The molecular formula is C26H27Cl3N2O6S2. The van der Waals surface area contributed by atoms with Crippen LogP contribution in [0, 0.1) is 0 Å². The van der Waals surface area contributed by atoms with Crippen LogP contribution in [0.1, 0.15) is 5.56 Å². The molecule has 0 unspecified atom stereocenters. The number of anilines is 1. The number of thioether (sulfide) groups is 1. The Morgan fingerprint density at radius 1 is 0.872 bits per heavy atom. The lowest BCUT2D eigenvalue weighted by atomic mass is 10.2. The van der Waals surface area contributed by atoms with Crippen LogP contribution in [0.4, 0.5) is 5.69 Å². The van der Waals surface area contributed by atoms with E-state index >= 15 is 0 Å². The van der Waals surface area contributed by atoms with Crippen molar-refractivity contribution in [2.45, 2.75) is 10.6 Å². The van der Waals surface area contributed by atoms with E-state index in [1.54, 1.807) is 30.0 Å². The fraction of sp³-hybridized carbons (Fsp3) is 0.269. The van der Waals surface area contributed by atoms with Crippen molar-refractivity contribution < 1.29 is 27.4 Å². The first-order valence-corrected chi connectivity index (χ1v) is 15.2. The van der Waals surface area contributed by atoms with Gasteiger partial charge in [0.1, 0.15) is 12.3 Å². The Hall–Kier alpha value is -2.50. The molecule has 3 aromatic rings. The van der Waals surface area contributed by atoms with Gasteiger partial charge in [-0.1, -0.05) is 40.9 Å². The van der Waals surface area contributed by atoms with Gasteiger partial charge in [0.2, 0.25) is 5.91 Å². The van der Waals surface area contributed by atoms with Crippen molar-refractivity contribution in [3.05, 3.63) is 75.2 Å². The Bertz CT molecular complexity index is 1420. The molecule has 0 aliphatic heterocycles. The van der Waals surface area contributed by atoms with Crippen LogP contribution >= 0.6 is 46.6 Å². The average molecular weight is 634 g/mol. The number of carbonyl (C=O) groups excluding carboxylic acids is 1. The SMILES string of the molecule is COc1ccc(S(=O)(=O)N(CC(=O)NCCSCc2ccc(Cl)cc2Cl)c2cc(Cl)ccc2OC)cc1OC. The topological polar surface area (TPSA) is 94.2 Å². The maximum absolute atomic E-state index is 13.8. The van der Waals surface area contributed by atoms with E-state index < -0.39 is 22.5 Å². The van der Waals surface area contributed by atoms with Crippen LogP contribution in [0.15, 0.2) is 59.5 Å². The molecule has 3 aromatic carbocycles. The number of ether oxygens (including phenoxy) is 3. The number of sulfonamides is 1. The summed E-state index contributed by atoms with van der Waals surface area (Å²) in [6.07, 6.45) is 0. The zero-order valence-corrected chi connectivity index (χ0v) is 25.3. The van der Waals surface area contributed by atoms with Crippen molar-refractivity contribution in [1.29, 1.82) is 0 Å². The van der Waals surface area contributed by atoms with Gasteiger partial charge in [-0.3, -0.25) is 9.10 Å². The van der Waals surface area contributed by atoms with E-state index in [-0.39, 0.29) is 27.1 Å². The summed E-state index contributed by atoms with van der Waals surface area (Å²) in [7, 11) is -0.0197. The average Bonchev–Trinajstić information content (AvgIpc) is 2.92. The maximum atomic E-state index is 13.8. The third kappa shape index (κ3) is 8.02. The van der Waals surface area contributed by atoms with Crippen molar-refractivity contribution in [3.8, 4) is 17.2 Å². The molecule has 1 N–H and O–H groups in total. The summed E-state index contributed by atoms with van der Waals surface area (Å²) < 4.78 is 44.5. The summed E-state index contributed by atoms with van der Waals surface area (Å²) >= 11 is 19.9. The highest BCUT2D eigenvalue weighted by atomic mass is 35.5. The Kier molecular flexibility index (Phi) is 11.3. The van der Waals surface area contributed by atoms with Crippen LogP contribution in [0.25, 0.3) is 0 Å². The first-order chi connectivity index (χ1) is 18.6. The number of halogens is 3. The Morgan fingerprint density at radius 2 is 1.51 bits per heavy atom. The highest BCUT2D eigenvalue weighted by Crippen LogP contribution is 2.37. The number of methoxy groups -OCH3 is 3. The molecule has 0 aliphatic rings. The lowest BCUT2D eigenvalue weighted by Crippen LogP contribution is -2.41. The van der Waals surface area contributed by atoms with E-state index in [0.29, 0.717) is 33.8 Å². The van der Waals surface area contributed by atoms with E-state index in [1.807, 2.05) is 6.07 Å². The van der Waals surface area contributed by atoms with Gasteiger partial charge in [0.25, 0.3) is 10.0 Å². The third-order valence-electron chi connectivity index (χ3n) is 5.48. The molecule has 8 nitrogen and oxygen atoms in total. The lowest BCUT2D eigenvalue weighted by Gasteiger charge is -2.26. The van der Waals surface area contributed by atoms with Crippen LogP contribution < -0.4 is 23.8 Å². The molecule has 0 atom stereocenters. The molecule has 0 fully saturated rings. The highest BCUT2D eigenvalue weighted by molar-refractivity contribution is 7.98. The summed E-state index contributed by atoms with van der Waals surface area (Å²) in [5, 5.41) is 4.18. The second-order valence-corrected chi connectivity index (χ2v) is 12.2. The smallest absolute Gasteiger partial charge is 0.265 e. The van der Waals surface area contributed by atoms with Crippen LogP contribution in [-0.4, -0.2) is 54.5 Å². The van der Waals surface area contributed by atoms with Gasteiger partial charge in [0.15, 0.2) is 11.5 Å². The standard InChI is InChI=1S/C26H27Cl3N2O6S2/c1-35-23-8-6-19(28)13-22(23)31(39(33,34)20-7-9-24(36-2)25(14-20)37-3)15-26(32)30-10-11-38-16-17-4-5-18(27)12-21(17)29/h4-9,12-14H,10-11,15-16H2,1-3H3,(H,30,32). The van der Waals surface area contributed by atoms with Crippen molar-refractivity contribution in [2.24, 2.45) is 0 Å². The van der Waals surface area contributed by atoms with E-state index in [4.69, 9.17) is 49.0 Å². The minimum absolute atomic E-state index is 0.106. The van der Waals surface area contributed by atoms with Crippen molar-refractivity contribution in [1.82, 2.24) is 5.32 Å². The molecule has 0 radical (unpaired) electrons. The minimum Gasteiger partial charge on any atom is -0.495 e. The fourth-order valence-electron chi connectivity index (χ4n) is 3.53. The number of rotatable bonds is 13. The maximum Gasteiger partial charge on any atom is 0.265 e. The first-order valence-electron chi connectivity index (χ1n) is 11.5. The summed E-state index contributed by atoms with van der Waals surface area (Å²) in [4.78, 5) is 12.9. The second kappa shape index (κ2) is 14.2. The Balaban J connectivity index is 1.79. The summed E-state index contributed by atoms with van der Waals surface area (Å²) in [5.74, 6) is 1.51. The molecule has 0 heterocycles. The van der Waals surface area contributed by atoms with Gasteiger partial charge in [-0.05, 0) is 48.0 Å². The predicted molar refractivity (Wildman–Crippen MR) is 158 cm³/mol. The summed E-state index contributed by atoms with van der Waals surface area (Å²) in [6, 6.07) is 14.0. The molecule has 0 aromatic heterocycles. The van der Waals surface area contributed by atoms with E-state index in [0.717, 1.165) is 9.87 Å². The number of benzene rings is 3. The quantitative estimate of drug-likeness (QED) is 0.234. The molecule has 3 rings (SSSR count). The molecule has 0 aliphatic carbocycles. The fourth-order valence-corrected chi connectivity index (χ4v) is 6.55. The van der Waals surface area contributed by atoms with Crippen molar-refractivity contribution >= 4 is 68.2 Å². The third-order valence-corrected chi connectivity index (χ3v) is 9.07. The van der Waals surface area contributed by atoms with Gasteiger partial charge in [-0.2, -0.15) is 11.8 Å². The number of hydrogen-bond donors (Lipinski definition) is 1. The molecule has 1 amide bonds. The number of carbonyl (C=O) groups is 1. The monoisotopic (exact) mass is 632 g/mol. The number of hydrogen-bond acceptors (Lipinski definition) is 7. The van der Waals surface area contributed by atoms with Crippen LogP contribution in [0.5, 0.6) is 17.2 Å². The molecule has 13 heteroatoms. The first kappa shape index (κ1) is 31.0. The van der Waals surface area contributed by atoms with Gasteiger partial charge in [-0.25, -0.2) is 8.42 Å². The number of nitrogens with zero attached hydrogens (tertiary/aromatic N) is 1. The van der Waals surface area contributed by atoms with Crippen LogP contribution in [0.3, 0.4) is 0 Å². The number of amides is 1. The molecule has 0 spiro atoms. The molecule has 210 valence electrons. The van der Waals surface area contributed by atoms with E-state index in [1.165, 1.54) is 51.7 Å². The summed E-state index contributed by atoms with van der Waals surface area (Å²) in [5.41, 5.74) is 1.04. The molecule has 0 saturated heterocycles. The molecule has 0 saturated carbocycles. The largest absolute Gasteiger partial charge is 0.495 e. The zero-order valence-electron chi connectivity index (χ0n) is 21.4. The Labute approximate surface area is 247 Å². The van der Waals surface area contributed by atoms with Gasteiger partial charge in [0, 0.05) is 39.2 Å². The van der Waals surface area contributed by atoms with E-state index in [9.17, 15) is 13.2 Å². The molecule has 39 heavy (non-hydrogen) atoms. The highest BCUT2D eigenvalue weighted by Gasteiger charge is 2.30. The van der Waals surface area contributed by atoms with Gasteiger partial charge < -0.3 is 19.5 Å². The second-order valence-electron chi connectivity index (χ2n) is 7.98.